The Morgan fingerprint density at radius 3 is 2.48 bits per heavy atom. The number of carbonyl (C=O) groups excluding carboxylic acids is 1. The molecular formula is C26H30FN9O3S. The van der Waals surface area contributed by atoms with Gasteiger partial charge in [-0.05, 0) is 51.2 Å². The van der Waals surface area contributed by atoms with E-state index in [9.17, 15) is 13.2 Å². The second kappa shape index (κ2) is 9.06. The third kappa shape index (κ3) is 4.22. The van der Waals surface area contributed by atoms with Crippen LogP contribution in [0.4, 0.5) is 10.2 Å². The summed E-state index contributed by atoms with van der Waals surface area (Å²) in [6, 6.07) is 4.51. The highest BCUT2D eigenvalue weighted by molar-refractivity contribution is 7.91. The summed E-state index contributed by atoms with van der Waals surface area (Å²) in [4.78, 5) is 23.7. The number of nitrogens with one attached hydrogen (secondary N) is 1. The SMILES string of the molecule is CC(C)(N)c1ccc(-c2cnn3c(N)c(S(C)(=O)=O)c(C4C[C@H]5CC[C@@H](C4)N5C(=O)c4ncn[nH]4)nc23)cc1F. The monoisotopic (exact) mass is 567 g/mol. The Bertz CT molecular complexity index is 1730. The number of amides is 1. The van der Waals surface area contributed by atoms with Gasteiger partial charge in [0.15, 0.2) is 15.5 Å². The molecule has 5 heterocycles. The Labute approximate surface area is 229 Å². The highest BCUT2D eigenvalue weighted by Gasteiger charge is 2.46. The fraction of sp³-hybridized carbons (Fsp3) is 0.423. The lowest BCUT2D eigenvalue weighted by atomic mass is 9.87. The molecule has 2 saturated heterocycles. The molecule has 5 N–H and O–H groups in total. The number of piperidine rings is 1. The predicted octanol–water partition coefficient (Wildman–Crippen LogP) is 2.38. The number of aromatic nitrogens is 6. The van der Waals surface area contributed by atoms with Gasteiger partial charge in [-0.1, -0.05) is 12.1 Å². The molecule has 40 heavy (non-hydrogen) atoms. The van der Waals surface area contributed by atoms with Crippen molar-refractivity contribution >= 4 is 27.2 Å². The molecule has 0 aliphatic carbocycles. The van der Waals surface area contributed by atoms with Crippen molar-refractivity contribution in [3.05, 3.63) is 53.6 Å². The molecule has 3 atom stereocenters. The van der Waals surface area contributed by atoms with Gasteiger partial charge in [0.25, 0.3) is 5.91 Å². The number of nitrogens with two attached hydrogens (primary N) is 2. The Morgan fingerprint density at radius 1 is 1.20 bits per heavy atom. The summed E-state index contributed by atoms with van der Waals surface area (Å²) < 4.78 is 42.3. The Balaban J connectivity index is 1.44. The van der Waals surface area contributed by atoms with Gasteiger partial charge in [-0.2, -0.15) is 14.7 Å². The van der Waals surface area contributed by atoms with Crippen LogP contribution in [0.1, 0.15) is 67.3 Å². The molecule has 14 heteroatoms. The van der Waals surface area contributed by atoms with Crippen molar-refractivity contribution in [1.82, 2.24) is 34.7 Å². The largest absolute Gasteiger partial charge is 0.382 e. The van der Waals surface area contributed by atoms with E-state index in [1.807, 2.05) is 4.90 Å². The van der Waals surface area contributed by atoms with Gasteiger partial charge in [-0.15, -0.1) is 0 Å². The van der Waals surface area contributed by atoms with Crippen LogP contribution < -0.4 is 11.5 Å². The summed E-state index contributed by atoms with van der Waals surface area (Å²) >= 11 is 0. The van der Waals surface area contributed by atoms with Gasteiger partial charge < -0.3 is 16.4 Å². The fourth-order valence-electron chi connectivity index (χ4n) is 6.25. The van der Waals surface area contributed by atoms with Gasteiger partial charge in [-0.3, -0.25) is 9.89 Å². The number of nitrogen functional groups attached to an aromatic ring is 1. The average Bonchev–Trinajstić information content (AvgIpc) is 3.60. The number of fused-ring (bicyclic) bond motifs is 3. The number of nitrogens with zero attached hydrogens (tertiary/aromatic N) is 6. The predicted molar refractivity (Wildman–Crippen MR) is 144 cm³/mol. The van der Waals surface area contributed by atoms with Crippen LogP contribution in [0.3, 0.4) is 0 Å². The molecular weight excluding hydrogens is 537 g/mol. The summed E-state index contributed by atoms with van der Waals surface area (Å²) in [5.74, 6) is -0.838. The first kappa shape index (κ1) is 26.3. The standard InChI is InChI=1S/C26H30FN9O3S/c1-26(2,29)18-7-4-13(10-19(18)27)17-11-32-36-22(28)21(40(3,38)39)20(33-24(17)36)14-8-15-5-6-16(9-14)35(15)25(37)23-30-12-31-34-23/h4,7,10-12,14-16H,5-6,8-9,28-29H2,1-3H3,(H,30,31,34)/t14?,15-,16+. The van der Waals surface area contributed by atoms with Crippen LogP contribution in [0, 0.1) is 5.82 Å². The Hall–Kier alpha value is -3.91. The molecule has 2 aliphatic rings. The molecule has 0 saturated carbocycles. The summed E-state index contributed by atoms with van der Waals surface area (Å²) in [7, 11) is -3.79. The molecule has 210 valence electrons. The van der Waals surface area contributed by atoms with Crippen LogP contribution in [0.25, 0.3) is 16.8 Å². The smallest absolute Gasteiger partial charge is 0.291 e. The zero-order valence-corrected chi connectivity index (χ0v) is 23.1. The van der Waals surface area contributed by atoms with Gasteiger partial charge >= 0.3 is 0 Å². The van der Waals surface area contributed by atoms with E-state index in [-0.39, 0.29) is 40.4 Å². The van der Waals surface area contributed by atoms with E-state index in [1.165, 1.54) is 23.1 Å². The first-order chi connectivity index (χ1) is 18.8. The minimum absolute atomic E-state index is 0.0542. The quantitative estimate of drug-likeness (QED) is 0.326. The Kier molecular flexibility index (Phi) is 5.96. The minimum Gasteiger partial charge on any atom is -0.382 e. The Morgan fingerprint density at radius 2 is 1.90 bits per heavy atom. The normalized spacial score (nSPS) is 21.3. The van der Waals surface area contributed by atoms with Gasteiger partial charge in [0.1, 0.15) is 22.9 Å². The lowest BCUT2D eigenvalue weighted by Gasteiger charge is -2.38. The molecule has 2 fully saturated rings. The summed E-state index contributed by atoms with van der Waals surface area (Å²) in [5, 5.41) is 10.7. The topological polar surface area (TPSA) is 178 Å². The molecule has 12 nitrogen and oxygen atoms in total. The number of hydrogen-bond donors (Lipinski definition) is 3. The first-order valence-corrected chi connectivity index (χ1v) is 14.9. The van der Waals surface area contributed by atoms with Crippen molar-refractivity contribution in [2.45, 2.75) is 68.0 Å². The van der Waals surface area contributed by atoms with Gasteiger partial charge in [-0.25, -0.2) is 22.8 Å². The molecule has 1 amide bonds. The second-order valence-electron chi connectivity index (χ2n) is 11.3. The number of anilines is 1. The van der Waals surface area contributed by atoms with E-state index in [2.05, 4.69) is 20.3 Å². The molecule has 0 spiro atoms. The number of rotatable bonds is 5. The lowest BCUT2D eigenvalue weighted by Crippen LogP contribution is -2.46. The van der Waals surface area contributed by atoms with E-state index >= 15 is 4.39 Å². The fourth-order valence-corrected chi connectivity index (χ4v) is 7.30. The van der Waals surface area contributed by atoms with Crippen molar-refractivity contribution in [3.63, 3.8) is 0 Å². The van der Waals surface area contributed by atoms with Gasteiger partial charge in [0, 0.05) is 40.9 Å². The number of sulfone groups is 1. The average molecular weight is 568 g/mol. The molecule has 1 unspecified atom stereocenters. The molecule has 2 aliphatic heterocycles. The van der Waals surface area contributed by atoms with Crippen molar-refractivity contribution in [2.75, 3.05) is 12.0 Å². The maximum absolute atomic E-state index is 15.0. The van der Waals surface area contributed by atoms with Crippen molar-refractivity contribution < 1.29 is 17.6 Å². The first-order valence-electron chi connectivity index (χ1n) is 13.0. The van der Waals surface area contributed by atoms with E-state index in [4.69, 9.17) is 16.5 Å². The van der Waals surface area contributed by atoms with Gasteiger partial charge in [0.05, 0.1) is 11.9 Å². The number of aromatic amines is 1. The van der Waals surface area contributed by atoms with Gasteiger partial charge in [0.2, 0.25) is 5.82 Å². The van der Waals surface area contributed by atoms with E-state index < -0.39 is 21.2 Å². The summed E-state index contributed by atoms with van der Waals surface area (Å²) in [6.07, 6.45) is 6.49. The molecule has 4 aromatic rings. The highest BCUT2D eigenvalue weighted by atomic mass is 32.2. The second-order valence-corrected chi connectivity index (χ2v) is 13.2. The molecule has 0 radical (unpaired) electrons. The minimum atomic E-state index is -3.79. The zero-order chi connectivity index (χ0) is 28.6. The van der Waals surface area contributed by atoms with Crippen LogP contribution in [-0.4, -0.2) is 67.3 Å². The molecule has 6 rings (SSSR count). The number of hydrogen-bond acceptors (Lipinski definition) is 9. The molecule has 2 bridgehead atoms. The number of carbonyl (C=O) groups is 1. The molecule has 1 aromatic carbocycles. The lowest BCUT2D eigenvalue weighted by molar-refractivity contribution is 0.0556. The van der Waals surface area contributed by atoms with Crippen LogP contribution in [0.15, 0.2) is 35.6 Å². The number of benzene rings is 1. The number of H-pyrrole nitrogens is 1. The van der Waals surface area contributed by atoms with Crippen LogP contribution in [0.2, 0.25) is 0 Å². The summed E-state index contributed by atoms with van der Waals surface area (Å²) in [5.41, 5.74) is 13.7. The maximum atomic E-state index is 15.0. The van der Waals surface area contributed by atoms with Crippen LogP contribution >= 0.6 is 0 Å². The van der Waals surface area contributed by atoms with Crippen LogP contribution in [-0.2, 0) is 15.4 Å². The van der Waals surface area contributed by atoms with Crippen molar-refractivity contribution in [2.24, 2.45) is 5.73 Å². The summed E-state index contributed by atoms with van der Waals surface area (Å²) in [6.45, 7) is 3.44. The third-order valence-corrected chi connectivity index (χ3v) is 9.14. The van der Waals surface area contributed by atoms with Crippen molar-refractivity contribution in [1.29, 1.82) is 0 Å². The third-order valence-electron chi connectivity index (χ3n) is 7.98. The number of halogens is 1. The van der Waals surface area contributed by atoms with E-state index in [0.717, 1.165) is 19.1 Å². The van der Waals surface area contributed by atoms with E-state index in [0.29, 0.717) is 40.9 Å². The van der Waals surface area contributed by atoms with E-state index in [1.54, 1.807) is 26.0 Å². The maximum Gasteiger partial charge on any atom is 0.291 e. The zero-order valence-electron chi connectivity index (χ0n) is 22.3. The van der Waals surface area contributed by atoms with Crippen LogP contribution in [0.5, 0.6) is 0 Å². The van der Waals surface area contributed by atoms with Crippen molar-refractivity contribution in [3.8, 4) is 11.1 Å². The molecule has 3 aromatic heterocycles. The highest BCUT2D eigenvalue weighted by Crippen LogP contribution is 2.45.